The smallest absolute Gasteiger partial charge is 0.223 e. The summed E-state index contributed by atoms with van der Waals surface area (Å²) in [7, 11) is 1.56. The fourth-order valence-corrected chi connectivity index (χ4v) is 2.20. The van der Waals surface area contributed by atoms with E-state index in [4.69, 9.17) is 31.3 Å². The number of nitrogens with zero attached hydrogens (tertiary/aromatic N) is 2. The van der Waals surface area contributed by atoms with Gasteiger partial charge in [0, 0.05) is 29.6 Å². The normalized spacial score (nSPS) is 12.2. The van der Waals surface area contributed by atoms with Gasteiger partial charge in [-0.05, 0) is 19.4 Å². The van der Waals surface area contributed by atoms with E-state index in [0.717, 1.165) is 5.56 Å². The van der Waals surface area contributed by atoms with Gasteiger partial charge in [-0.3, -0.25) is 0 Å². The number of nitrogens with two attached hydrogens (primary N) is 1. The molecule has 21 heavy (non-hydrogen) atoms. The van der Waals surface area contributed by atoms with Gasteiger partial charge in [0.05, 0.1) is 7.11 Å². The summed E-state index contributed by atoms with van der Waals surface area (Å²) in [6.07, 6.45) is 0.623. The largest absolute Gasteiger partial charge is 0.493 e. The van der Waals surface area contributed by atoms with Crippen molar-refractivity contribution >= 4 is 11.6 Å². The number of aryl methyl sites for hydroxylation is 1. The molecule has 1 unspecified atom stereocenters. The molecule has 0 aliphatic carbocycles. The molecule has 0 bridgehead atoms. The van der Waals surface area contributed by atoms with E-state index in [1.165, 1.54) is 0 Å². The molecule has 0 fully saturated rings. The van der Waals surface area contributed by atoms with Crippen LogP contribution in [0.4, 0.5) is 0 Å². The highest BCUT2D eigenvalue weighted by Gasteiger charge is 2.15. The number of hydrogen-bond donors (Lipinski definition) is 1. The first-order chi connectivity index (χ1) is 9.99. The van der Waals surface area contributed by atoms with Crippen molar-refractivity contribution in [3.8, 4) is 11.5 Å². The van der Waals surface area contributed by atoms with Crippen molar-refractivity contribution in [3.05, 3.63) is 34.4 Å². The predicted octanol–water partition coefficient (Wildman–Crippen LogP) is 2.51. The number of rotatable bonds is 6. The third-order valence-electron chi connectivity index (χ3n) is 2.77. The van der Waals surface area contributed by atoms with E-state index < -0.39 is 0 Å². The van der Waals surface area contributed by atoms with Gasteiger partial charge in [-0.15, -0.1) is 0 Å². The van der Waals surface area contributed by atoms with Crippen molar-refractivity contribution < 1.29 is 14.0 Å². The van der Waals surface area contributed by atoms with Crippen LogP contribution >= 0.6 is 11.6 Å². The Kier molecular flexibility index (Phi) is 5.03. The van der Waals surface area contributed by atoms with Gasteiger partial charge in [-0.1, -0.05) is 16.8 Å². The Hall–Kier alpha value is -1.79. The summed E-state index contributed by atoms with van der Waals surface area (Å²) in [5.41, 5.74) is 6.75. The van der Waals surface area contributed by atoms with E-state index in [1.807, 2.05) is 13.0 Å². The number of methoxy groups -OCH3 is 1. The average Bonchev–Trinajstić information content (AvgIpc) is 2.82. The van der Waals surface area contributed by atoms with E-state index >= 15 is 0 Å². The highest BCUT2D eigenvalue weighted by molar-refractivity contribution is 6.30. The summed E-state index contributed by atoms with van der Waals surface area (Å²) in [5.74, 6) is 2.11. The van der Waals surface area contributed by atoms with Gasteiger partial charge < -0.3 is 19.7 Å². The molecular weight excluding hydrogens is 294 g/mol. The van der Waals surface area contributed by atoms with E-state index in [1.54, 1.807) is 20.1 Å². The van der Waals surface area contributed by atoms with Crippen LogP contribution in [0, 0.1) is 6.92 Å². The molecule has 1 aromatic heterocycles. The summed E-state index contributed by atoms with van der Waals surface area (Å²) in [4.78, 5) is 4.10. The van der Waals surface area contributed by atoms with Gasteiger partial charge >= 0.3 is 0 Å². The van der Waals surface area contributed by atoms with Crippen LogP contribution in [0.2, 0.25) is 5.02 Å². The highest BCUT2D eigenvalue weighted by Crippen LogP contribution is 2.35. The monoisotopic (exact) mass is 311 g/mol. The SMILES string of the molecule is COc1cc(Cl)cc(CC(C)N)c1OCc1noc(C)n1. The molecule has 0 aliphatic rings. The second kappa shape index (κ2) is 6.78. The van der Waals surface area contributed by atoms with Crippen molar-refractivity contribution in [1.82, 2.24) is 10.1 Å². The lowest BCUT2D eigenvalue weighted by atomic mass is 10.1. The number of benzene rings is 1. The van der Waals surface area contributed by atoms with Crippen LogP contribution in [-0.4, -0.2) is 23.3 Å². The lowest BCUT2D eigenvalue weighted by molar-refractivity contribution is 0.266. The van der Waals surface area contributed by atoms with Crippen molar-refractivity contribution in [3.63, 3.8) is 0 Å². The van der Waals surface area contributed by atoms with Crippen LogP contribution in [-0.2, 0) is 13.0 Å². The molecule has 0 amide bonds. The first-order valence-electron chi connectivity index (χ1n) is 6.53. The molecule has 0 saturated heterocycles. The minimum Gasteiger partial charge on any atom is -0.493 e. The zero-order valence-electron chi connectivity index (χ0n) is 12.2. The van der Waals surface area contributed by atoms with Gasteiger partial charge in [-0.2, -0.15) is 4.98 Å². The molecule has 2 N–H and O–H groups in total. The van der Waals surface area contributed by atoms with E-state index in [-0.39, 0.29) is 12.6 Å². The second-order valence-corrected chi connectivity index (χ2v) is 5.23. The Balaban J connectivity index is 2.26. The molecule has 0 radical (unpaired) electrons. The lowest BCUT2D eigenvalue weighted by Crippen LogP contribution is -2.18. The van der Waals surface area contributed by atoms with Crippen LogP contribution in [0.1, 0.15) is 24.2 Å². The van der Waals surface area contributed by atoms with Crippen LogP contribution in [0.15, 0.2) is 16.7 Å². The number of hydrogen-bond acceptors (Lipinski definition) is 6. The summed E-state index contributed by atoms with van der Waals surface area (Å²) in [6, 6.07) is 3.50. The summed E-state index contributed by atoms with van der Waals surface area (Å²) >= 11 is 6.09. The lowest BCUT2D eigenvalue weighted by Gasteiger charge is -2.16. The number of ether oxygens (including phenoxy) is 2. The molecule has 0 aliphatic heterocycles. The zero-order chi connectivity index (χ0) is 15.4. The molecule has 1 heterocycles. The number of aromatic nitrogens is 2. The topological polar surface area (TPSA) is 83.4 Å². The maximum atomic E-state index is 6.09. The van der Waals surface area contributed by atoms with Crippen LogP contribution < -0.4 is 15.2 Å². The van der Waals surface area contributed by atoms with Crippen molar-refractivity contribution in [2.24, 2.45) is 5.73 Å². The average molecular weight is 312 g/mol. The second-order valence-electron chi connectivity index (χ2n) is 4.80. The van der Waals surface area contributed by atoms with Crippen LogP contribution in [0.5, 0.6) is 11.5 Å². The fraction of sp³-hybridized carbons (Fsp3) is 0.429. The Morgan fingerprint density at radius 1 is 1.43 bits per heavy atom. The molecule has 2 rings (SSSR count). The molecule has 1 aromatic carbocycles. The Morgan fingerprint density at radius 2 is 2.19 bits per heavy atom. The molecule has 7 heteroatoms. The molecule has 1 atom stereocenters. The Bertz CT molecular complexity index is 614. The van der Waals surface area contributed by atoms with Gasteiger partial charge in [-0.25, -0.2) is 0 Å². The molecule has 0 spiro atoms. The molecule has 0 saturated carbocycles. The third-order valence-corrected chi connectivity index (χ3v) is 2.99. The summed E-state index contributed by atoms with van der Waals surface area (Å²) < 4.78 is 16.0. The minimum absolute atomic E-state index is 0.0251. The van der Waals surface area contributed by atoms with Gasteiger partial charge in [0.2, 0.25) is 11.7 Å². The van der Waals surface area contributed by atoms with E-state index in [9.17, 15) is 0 Å². The van der Waals surface area contributed by atoms with Crippen LogP contribution in [0.3, 0.4) is 0 Å². The molecule has 114 valence electrons. The van der Waals surface area contributed by atoms with Gasteiger partial charge in [0.15, 0.2) is 18.1 Å². The standard InChI is InChI=1S/C14H18ClN3O3/c1-8(16)4-10-5-11(15)6-12(19-3)14(10)20-7-13-17-9(2)21-18-13/h5-6,8H,4,7,16H2,1-3H3. The minimum atomic E-state index is -0.0251. The number of halogens is 1. The van der Waals surface area contributed by atoms with E-state index in [2.05, 4.69) is 10.1 Å². The molecule has 2 aromatic rings. The maximum absolute atomic E-state index is 6.09. The van der Waals surface area contributed by atoms with Gasteiger partial charge in [0.1, 0.15) is 0 Å². The zero-order valence-corrected chi connectivity index (χ0v) is 13.0. The maximum Gasteiger partial charge on any atom is 0.223 e. The quantitative estimate of drug-likeness (QED) is 0.882. The summed E-state index contributed by atoms with van der Waals surface area (Å²) in [5, 5.41) is 4.37. The Labute approximate surface area is 128 Å². The van der Waals surface area contributed by atoms with Crippen molar-refractivity contribution in [1.29, 1.82) is 0 Å². The van der Waals surface area contributed by atoms with Gasteiger partial charge in [0.25, 0.3) is 0 Å². The van der Waals surface area contributed by atoms with Crippen molar-refractivity contribution in [2.75, 3.05) is 7.11 Å². The van der Waals surface area contributed by atoms with Crippen LogP contribution in [0.25, 0.3) is 0 Å². The highest BCUT2D eigenvalue weighted by atomic mass is 35.5. The summed E-state index contributed by atoms with van der Waals surface area (Å²) in [6.45, 7) is 3.82. The van der Waals surface area contributed by atoms with E-state index in [0.29, 0.717) is 34.7 Å². The first-order valence-corrected chi connectivity index (χ1v) is 6.91. The fourth-order valence-electron chi connectivity index (χ4n) is 1.97. The predicted molar refractivity (Wildman–Crippen MR) is 78.7 cm³/mol. The Morgan fingerprint density at radius 3 is 2.76 bits per heavy atom. The molecular formula is C14H18ClN3O3. The first kappa shape index (κ1) is 15.6. The molecule has 6 nitrogen and oxygen atoms in total. The van der Waals surface area contributed by atoms with Crippen molar-refractivity contribution in [2.45, 2.75) is 32.9 Å². The third kappa shape index (κ3) is 4.09.